The molecule has 2 amide bonds. The molecule has 2 aromatic rings. The molecule has 0 saturated heterocycles. The van der Waals surface area contributed by atoms with Crippen LogP contribution in [0.15, 0.2) is 36.4 Å². The third-order valence-corrected chi connectivity index (χ3v) is 5.70. The van der Waals surface area contributed by atoms with Gasteiger partial charge in [-0.15, -0.1) is 0 Å². The Morgan fingerprint density at radius 1 is 1.06 bits per heavy atom. The highest BCUT2D eigenvalue weighted by atomic mass is 35.5. The van der Waals surface area contributed by atoms with Gasteiger partial charge in [-0.3, -0.25) is 9.59 Å². The van der Waals surface area contributed by atoms with Crippen LogP contribution in [-0.2, 0) is 16.1 Å². The maximum absolute atomic E-state index is 13.2. The molecule has 2 aromatic carbocycles. The largest absolute Gasteiger partial charge is 0.484 e. The predicted octanol–water partition coefficient (Wildman–Crippen LogP) is 5.32. The van der Waals surface area contributed by atoms with Crippen molar-refractivity contribution in [2.24, 2.45) is 0 Å². The van der Waals surface area contributed by atoms with Crippen LogP contribution in [0.4, 0.5) is 0 Å². The molecule has 7 heteroatoms. The minimum atomic E-state index is -0.608. The molecule has 1 unspecified atom stereocenters. The van der Waals surface area contributed by atoms with Crippen molar-refractivity contribution in [1.29, 1.82) is 0 Å². The summed E-state index contributed by atoms with van der Waals surface area (Å²) >= 11 is 12.2. The molecule has 0 radical (unpaired) electrons. The highest BCUT2D eigenvalue weighted by Crippen LogP contribution is 2.26. The van der Waals surface area contributed by atoms with Crippen LogP contribution < -0.4 is 10.1 Å². The smallest absolute Gasteiger partial charge is 0.261 e. The Kier molecular flexibility index (Phi) is 9.20. The summed E-state index contributed by atoms with van der Waals surface area (Å²) in [4.78, 5) is 27.5. The van der Waals surface area contributed by atoms with Gasteiger partial charge in [-0.25, -0.2) is 0 Å². The van der Waals surface area contributed by atoms with Crippen LogP contribution >= 0.6 is 23.2 Å². The van der Waals surface area contributed by atoms with Gasteiger partial charge in [-0.1, -0.05) is 42.3 Å². The fourth-order valence-corrected chi connectivity index (χ4v) is 3.54. The molecule has 31 heavy (non-hydrogen) atoms. The summed E-state index contributed by atoms with van der Waals surface area (Å²) in [5, 5.41) is 4.20. The first kappa shape index (κ1) is 25.0. The number of nitrogens with zero attached hydrogens (tertiary/aromatic N) is 1. The zero-order valence-electron chi connectivity index (χ0n) is 18.7. The lowest BCUT2D eigenvalue weighted by atomic mass is 10.1. The van der Waals surface area contributed by atoms with E-state index in [4.69, 9.17) is 27.9 Å². The number of benzene rings is 2. The van der Waals surface area contributed by atoms with Crippen LogP contribution in [0, 0.1) is 13.8 Å². The fourth-order valence-electron chi connectivity index (χ4n) is 3.30. The molecule has 168 valence electrons. The third-order valence-electron chi connectivity index (χ3n) is 4.86. The van der Waals surface area contributed by atoms with Crippen LogP contribution in [0.1, 0.15) is 43.9 Å². The van der Waals surface area contributed by atoms with E-state index in [2.05, 4.69) is 5.32 Å². The Morgan fingerprint density at radius 2 is 1.65 bits per heavy atom. The second-order valence-electron chi connectivity index (χ2n) is 7.90. The molecule has 0 saturated carbocycles. The lowest BCUT2D eigenvalue weighted by Crippen LogP contribution is -2.51. The fraction of sp³-hybridized carbons (Fsp3) is 0.417. The van der Waals surface area contributed by atoms with E-state index in [1.54, 1.807) is 29.2 Å². The molecular weight excluding hydrogens is 435 g/mol. The van der Waals surface area contributed by atoms with Crippen LogP contribution in [0.25, 0.3) is 0 Å². The second kappa shape index (κ2) is 11.4. The summed E-state index contributed by atoms with van der Waals surface area (Å²) in [7, 11) is 0. The van der Waals surface area contributed by atoms with Gasteiger partial charge >= 0.3 is 0 Å². The first-order valence-electron chi connectivity index (χ1n) is 10.4. The van der Waals surface area contributed by atoms with E-state index in [0.717, 1.165) is 16.7 Å². The van der Waals surface area contributed by atoms with E-state index in [0.29, 0.717) is 22.2 Å². The summed E-state index contributed by atoms with van der Waals surface area (Å²) in [6.07, 6.45) is 0.483. The van der Waals surface area contributed by atoms with E-state index in [1.165, 1.54) is 0 Å². The normalized spacial score (nSPS) is 11.9. The number of hydrogen-bond donors (Lipinski definition) is 1. The predicted molar refractivity (Wildman–Crippen MR) is 126 cm³/mol. The molecule has 0 bridgehead atoms. The van der Waals surface area contributed by atoms with Gasteiger partial charge < -0.3 is 15.0 Å². The number of ether oxygens (including phenoxy) is 1. The molecule has 0 spiro atoms. The number of aryl methyl sites for hydroxylation is 2. The second-order valence-corrected chi connectivity index (χ2v) is 8.71. The summed E-state index contributed by atoms with van der Waals surface area (Å²) in [6.45, 7) is 9.55. The average molecular weight is 465 g/mol. The zero-order chi connectivity index (χ0) is 23.1. The van der Waals surface area contributed by atoms with Gasteiger partial charge in [-0.05, 0) is 75.1 Å². The van der Waals surface area contributed by atoms with Gasteiger partial charge in [-0.2, -0.15) is 0 Å². The third kappa shape index (κ3) is 7.15. The molecule has 0 heterocycles. The number of hydrogen-bond acceptors (Lipinski definition) is 3. The summed E-state index contributed by atoms with van der Waals surface area (Å²) in [5.74, 6) is 0.114. The van der Waals surface area contributed by atoms with Crippen molar-refractivity contribution in [2.75, 3.05) is 6.61 Å². The van der Waals surface area contributed by atoms with Crippen LogP contribution in [0.3, 0.4) is 0 Å². The summed E-state index contributed by atoms with van der Waals surface area (Å²) in [6, 6.07) is 10.2. The Bertz CT molecular complexity index is 891. The number of nitrogens with one attached hydrogen (secondary N) is 1. The number of rotatable bonds is 9. The average Bonchev–Trinajstić information content (AvgIpc) is 2.70. The molecule has 5 nitrogen and oxygen atoms in total. The quantitative estimate of drug-likeness (QED) is 0.545. The molecule has 0 aliphatic rings. The van der Waals surface area contributed by atoms with Crippen molar-refractivity contribution in [3.63, 3.8) is 0 Å². The van der Waals surface area contributed by atoms with Crippen molar-refractivity contribution in [2.45, 2.75) is 59.7 Å². The van der Waals surface area contributed by atoms with E-state index in [-0.39, 0.29) is 31.0 Å². The Morgan fingerprint density at radius 3 is 2.16 bits per heavy atom. The van der Waals surface area contributed by atoms with Gasteiger partial charge in [0.1, 0.15) is 11.8 Å². The molecule has 0 aliphatic carbocycles. The monoisotopic (exact) mass is 464 g/mol. The molecule has 0 aromatic heterocycles. The number of halogens is 2. The van der Waals surface area contributed by atoms with Crippen LogP contribution in [0.5, 0.6) is 5.75 Å². The standard InChI is InChI=1S/C24H30Cl2N2O3/c1-6-21(24(30)27-15(2)3)28(13-18-7-9-19(25)10-8-18)22(29)14-31-20-11-16(4)23(26)17(5)12-20/h7-12,15,21H,6,13-14H2,1-5H3,(H,27,30). The van der Waals surface area contributed by atoms with Crippen molar-refractivity contribution < 1.29 is 14.3 Å². The highest BCUT2D eigenvalue weighted by molar-refractivity contribution is 6.32. The number of carbonyl (C=O) groups excluding carboxylic acids is 2. The SMILES string of the molecule is CCC(C(=O)NC(C)C)N(Cc1ccc(Cl)cc1)C(=O)COc1cc(C)c(Cl)c(C)c1. The van der Waals surface area contributed by atoms with Gasteiger partial charge in [0.2, 0.25) is 5.91 Å². The van der Waals surface area contributed by atoms with Gasteiger partial charge in [0, 0.05) is 22.6 Å². The first-order valence-corrected chi connectivity index (χ1v) is 11.1. The number of amides is 2. The lowest BCUT2D eigenvalue weighted by Gasteiger charge is -2.31. The van der Waals surface area contributed by atoms with Crippen molar-refractivity contribution in [3.8, 4) is 5.75 Å². The zero-order valence-corrected chi connectivity index (χ0v) is 20.2. The van der Waals surface area contributed by atoms with Crippen molar-refractivity contribution >= 4 is 35.0 Å². The minimum Gasteiger partial charge on any atom is -0.484 e. The van der Waals surface area contributed by atoms with Crippen molar-refractivity contribution in [1.82, 2.24) is 10.2 Å². The lowest BCUT2D eigenvalue weighted by molar-refractivity contribution is -0.143. The van der Waals surface area contributed by atoms with E-state index >= 15 is 0 Å². The molecule has 0 aliphatic heterocycles. The molecule has 0 fully saturated rings. The number of carbonyl (C=O) groups is 2. The topological polar surface area (TPSA) is 58.6 Å². The Hall–Kier alpha value is -2.24. The van der Waals surface area contributed by atoms with E-state index in [1.807, 2.05) is 46.8 Å². The van der Waals surface area contributed by atoms with Crippen LogP contribution in [-0.4, -0.2) is 35.4 Å². The molecular formula is C24H30Cl2N2O3. The maximum Gasteiger partial charge on any atom is 0.261 e. The van der Waals surface area contributed by atoms with Gasteiger partial charge in [0.05, 0.1) is 0 Å². The minimum absolute atomic E-state index is 0.0229. The first-order chi connectivity index (χ1) is 14.6. The van der Waals surface area contributed by atoms with E-state index < -0.39 is 6.04 Å². The molecule has 2 rings (SSSR count). The Balaban J connectivity index is 2.23. The van der Waals surface area contributed by atoms with Crippen LogP contribution in [0.2, 0.25) is 10.0 Å². The molecule has 1 atom stereocenters. The maximum atomic E-state index is 13.2. The molecule has 1 N–H and O–H groups in total. The Labute approximate surface area is 194 Å². The van der Waals surface area contributed by atoms with Gasteiger partial charge in [0.25, 0.3) is 5.91 Å². The summed E-state index contributed by atoms with van der Waals surface area (Å²) in [5.41, 5.74) is 2.64. The van der Waals surface area contributed by atoms with E-state index in [9.17, 15) is 9.59 Å². The summed E-state index contributed by atoms with van der Waals surface area (Å²) < 4.78 is 5.78. The highest BCUT2D eigenvalue weighted by Gasteiger charge is 2.29. The van der Waals surface area contributed by atoms with Gasteiger partial charge in [0.15, 0.2) is 6.61 Å². The van der Waals surface area contributed by atoms with Crippen molar-refractivity contribution in [3.05, 3.63) is 63.1 Å².